The average Bonchev–Trinajstić information content (AvgIpc) is 3.21. The van der Waals surface area contributed by atoms with Crippen molar-refractivity contribution in [2.24, 2.45) is 24.8 Å². The molecule has 2 aliphatic carbocycles. The molecule has 0 radical (unpaired) electrons. The van der Waals surface area contributed by atoms with Gasteiger partial charge in [-0.25, -0.2) is 0 Å². The summed E-state index contributed by atoms with van der Waals surface area (Å²) in [5.74, 6) is 2.69. The molecule has 0 bridgehead atoms. The predicted molar refractivity (Wildman–Crippen MR) is 87.2 cm³/mol. The fraction of sp³-hybridized carbons (Fsp3) is 0.833. The highest BCUT2D eigenvalue weighted by Gasteiger charge is 2.31. The van der Waals surface area contributed by atoms with E-state index in [0.29, 0.717) is 0 Å². The van der Waals surface area contributed by atoms with Gasteiger partial charge in [-0.3, -0.25) is 4.68 Å². The van der Waals surface area contributed by atoms with Crippen LogP contribution in [0.3, 0.4) is 0 Å². The highest BCUT2D eigenvalue weighted by Crippen LogP contribution is 2.38. The summed E-state index contributed by atoms with van der Waals surface area (Å²) in [6, 6.07) is 0.845. The zero-order chi connectivity index (χ0) is 14.7. The molecular weight excluding hydrogens is 258 g/mol. The second-order valence-electron chi connectivity index (χ2n) is 7.40. The number of hydrogen-bond donors (Lipinski definition) is 1. The summed E-state index contributed by atoms with van der Waals surface area (Å²) in [6.45, 7) is 3.57. The number of nitrogens with zero attached hydrogens (tertiary/aromatic N) is 2. The van der Waals surface area contributed by atoms with Gasteiger partial charge in [-0.1, -0.05) is 26.2 Å². The van der Waals surface area contributed by atoms with Crippen molar-refractivity contribution in [1.29, 1.82) is 0 Å². The molecule has 0 amide bonds. The minimum Gasteiger partial charge on any atom is -0.314 e. The van der Waals surface area contributed by atoms with E-state index in [4.69, 9.17) is 0 Å². The van der Waals surface area contributed by atoms with Gasteiger partial charge in [-0.15, -0.1) is 0 Å². The molecule has 21 heavy (non-hydrogen) atoms. The molecule has 2 saturated carbocycles. The Balaban J connectivity index is 1.59. The molecular formula is C18H31N3. The minimum absolute atomic E-state index is 0.845. The summed E-state index contributed by atoms with van der Waals surface area (Å²) in [5.41, 5.74) is 1.43. The summed E-state index contributed by atoms with van der Waals surface area (Å²) in [4.78, 5) is 0. The number of rotatable bonds is 7. The first-order valence-electron chi connectivity index (χ1n) is 8.95. The first kappa shape index (κ1) is 15.1. The molecule has 0 aliphatic heterocycles. The Labute approximate surface area is 129 Å². The van der Waals surface area contributed by atoms with Gasteiger partial charge >= 0.3 is 0 Å². The molecule has 0 saturated heterocycles. The van der Waals surface area contributed by atoms with E-state index < -0.39 is 0 Å². The van der Waals surface area contributed by atoms with Crippen molar-refractivity contribution in [3.05, 3.63) is 18.0 Å². The van der Waals surface area contributed by atoms with Crippen LogP contribution in [0.2, 0.25) is 0 Å². The zero-order valence-corrected chi connectivity index (χ0v) is 13.7. The Kier molecular flexibility index (Phi) is 4.99. The molecule has 3 unspecified atom stereocenters. The third kappa shape index (κ3) is 4.32. The van der Waals surface area contributed by atoms with Crippen LogP contribution in [0.1, 0.15) is 57.4 Å². The van der Waals surface area contributed by atoms with Gasteiger partial charge in [0.1, 0.15) is 0 Å². The summed E-state index contributed by atoms with van der Waals surface area (Å²) >= 11 is 0. The highest BCUT2D eigenvalue weighted by molar-refractivity contribution is 5.06. The van der Waals surface area contributed by atoms with Crippen LogP contribution < -0.4 is 5.32 Å². The van der Waals surface area contributed by atoms with Crippen LogP contribution in [-0.4, -0.2) is 22.4 Å². The van der Waals surface area contributed by atoms with E-state index in [-0.39, 0.29) is 0 Å². The Bertz CT molecular complexity index is 435. The summed E-state index contributed by atoms with van der Waals surface area (Å²) < 4.78 is 1.94. The Morgan fingerprint density at radius 3 is 2.76 bits per heavy atom. The van der Waals surface area contributed by atoms with Gasteiger partial charge in [0.2, 0.25) is 0 Å². The maximum Gasteiger partial charge on any atom is 0.0521 e. The fourth-order valence-corrected chi connectivity index (χ4v) is 4.10. The molecule has 3 rings (SSSR count). The molecule has 3 heteroatoms. The lowest BCUT2D eigenvalue weighted by molar-refractivity contribution is 0.167. The molecule has 1 N–H and O–H groups in total. The lowest BCUT2D eigenvalue weighted by atomic mass is 9.70. The lowest BCUT2D eigenvalue weighted by Crippen LogP contribution is -2.35. The van der Waals surface area contributed by atoms with Crippen molar-refractivity contribution in [2.75, 3.05) is 6.54 Å². The molecule has 0 spiro atoms. The standard InChI is InChI=1S/C18H31N3/c1-3-4-14-5-6-16(12-19-18-7-8-18)17(9-14)10-15-11-20-21(2)13-15/h11,13-14,16-19H,3-10,12H2,1-2H3. The first-order chi connectivity index (χ1) is 10.2. The second-order valence-corrected chi connectivity index (χ2v) is 7.40. The van der Waals surface area contributed by atoms with Crippen LogP contribution in [0.25, 0.3) is 0 Å². The van der Waals surface area contributed by atoms with Crippen molar-refractivity contribution in [3.8, 4) is 0 Å². The van der Waals surface area contributed by atoms with Crippen molar-refractivity contribution in [1.82, 2.24) is 15.1 Å². The first-order valence-corrected chi connectivity index (χ1v) is 8.95. The predicted octanol–water partition coefficient (Wildman–Crippen LogP) is 3.55. The third-order valence-corrected chi connectivity index (χ3v) is 5.45. The van der Waals surface area contributed by atoms with Crippen LogP contribution in [0.5, 0.6) is 0 Å². The maximum atomic E-state index is 4.35. The summed E-state index contributed by atoms with van der Waals surface area (Å²) in [5, 5.41) is 8.12. The Hall–Kier alpha value is -0.830. The van der Waals surface area contributed by atoms with E-state index in [9.17, 15) is 0 Å². The summed E-state index contributed by atoms with van der Waals surface area (Å²) in [6.07, 6.45) is 15.4. The van der Waals surface area contributed by atoms with Gasteiger partial charge in [0.15, 0.2) is 0 Å². The van der Waals surface area contributed by atoms with Crippen LogP contribution in [0, 0.1) is 17.8 Å². The van der Waals surface area contributed by atoms with E-state index in [0.717, 1.165) is 23.8 Å². The van der Waals surface area contributed by atoms with Gasteiger partial charge in [-0.2, -0.15) is 5.10 Å². The molecule has 1 heterocycles. The lowest BCUT2D eigenvalue weighted by Gasteiger charge is -2.36. The number of nitrogens with one attached hydrogen (secondary N) is 1. The smallest absolute Gasteiger partial charge is 0.0521 e. The molecule has 118 valence electrons. The number of aromatic nitrogens is 2. The quantitative estimate of drug-likeness (QED) is 0.832. The van der Waals surface area contributed by atoms with Gasteiger partial charge in [0.05, 0.1) is 6.20 Å². The molecule has 2 aliphatic rings. The fourth-order valence-electron chi connectivity index (χ4n) is 4.10. The van der Waals surface area contributed by atoms with Crippen LogP contribution in [0.15, 0.2) is 12.4 Å². The highest BCUT2D eigenvalue weighted by atomic mass is 15.2. The van der Waals surface area contributed by atoms with E-state index in [1.165, 1.54) is 63.5 Å². The van der Waals surface area contributed by atoms with Crippen molar-refractivity contribution >= 4 is 0 Å². The molecule has 3 atom stereocenters. The van der Waals surface area contributed by atoms with Crippen molar-refractivity contribution in [2.45, 2.75) is 64.3 Å². The summed E-state index contributed by atoms with van der Waals surface area (Å²) in [7, 11) is 2.02. The second kappa shape index (κ2) is 6.95. The molecule has 3 nitrogen and oxygen atoms in total. The van der Waals surface area contributed by atoms with Crippen LogP contribution in [-0.2, 0) is 13.5 Å². The number of aryl methyl sites for hydroxylation is 1. The normalized spacial score (nSPS) is 29.7. The molecule has 0 aromatic carbocycles. The third-order valence-electron chi connectivity index (χ3n) is 5.45. The van der Waals surface area contributed by atoms with E-state index in [1.807, 2.05) is 11.7 Å². The maximum absolute atomic E-state index is 4.35. The van der Waals surface area contributed by atoms with Gasteiger partial charge < -0.3 is 5.32 Å². The Morgan fingerprint density at radius 1 is 1.24 bits per heavy atom. The average molecular weight is 289 g/mol. The Morgan fingerprint density at radius 2 is 2.10 bits per heavy atom. The van der Waals surface area contributed by atoms with Gasteiger partial charge in [-0.05, 0) is 62.0 Å². The molecule has 1 aromatic heterocycles. The van der Waals surface area contributed by atoms with Gasteiger partial charge in [0.25, 0.3) is 0 Å². The van der Waals surface area contributed by atoms with Crippen molar-refractivity contribution in [3.63, 3.8) is 0 Å². The number of hydrogen-bond acceptors (Lipinski definition) is 2. The van der Waals surface area contributed by atoms with E-state index in [1.54, 1.807) is 0 Å². The van der Waals surface area contributed by atoms with Crippen molar-refractivity contribution < 1.29 is 0 Å². The van der Waals surface area contributed by atoms with E-state index in [2.05, 4.69) is 29.7 Å². The topological polar surface area (TPSA) is 29.9 Å². The SMILES string of the molecule is CCCC1CCC(CNC2CC2)C(Cc2cnn(C)c2)C1. The van der Waals surface area contributed by atoms with Crippen LogP contribution in [0.4, 0.5) is 0 Å². The van der Waals surface area contributed by atoms with E-state index >= 15 is 0 Å². The minimum atomic E-state index is 0.845. The monoisotopic (exact) mass is 289 g/mol. The van der Waals surface area contributed by atoms with Crippen LogP contribution >= 0.6 is 0 Å². The largest absolute Gasteiger partial charge is 0.314 e. The molecule has 1 aromatic rings. The molecule has 2 fully saturated rings. The zero-order valence-electron chi connectivity index (χ0n) is 13.7. The van der Waals surface area contributed by atoms with Gasteiger partial charge in [0, 0.05) is 19.3 Å².